The molecule has 0 bridgehead atoms. The first-order chi connectivity index (χ1) is 11.6. The SMILES string of the molecule is COc1ccc(N(C)C(=O)c2ccn(C3CCCNC3)n2)cc1F. The Labute approximate surface area is 140 Å². The second-order valence-electron chi connectivity index (χ2n) is 5.86. The van der Waals surface area contributed by atoms with Crippen molar-refractivity contribution in [1.29, 1.82) is 0 Å². The topological polar surface area (TPSA) is 59.4 Å². The molecule has 1 aliphatic rings. The fourth-order valence-corrected chi connectivity index (χ4v) is 2.87. The van der Waals surface area contributed by atoms with Crippen LogP contribution in [0.5, 0.6) is 5.75 Å². The monoisotopic (exact) mass is 332 g/mol. The van der Waals surface area contributed by atoms with Crippen LogP contribution >= 0.6 is 0 Å². The maximum atomic E-state index is 13.8. The third-order valence-corrected chi connectivity index (χ3v) is 4.30. The van der Waals surface area contributed by atoms with Crippen molar-refractivity contribution in [2.24, 2.45) is 0 Å². The van der Waals surface area contributed by atoms with Gasteiger partial charge < -0.3 is 15.0 Å². The maximum Gasteiger partial charge on any atom is 0.278 e. The summed E-state index contributed by atoms with van der Waals surface area (Å²) in [4.78, 5) is 14.0. The number of ether oxygens (including phenoxy) is 1. The molecule has 1 N–H and O–H groups in total. The number of nitrogens with one attached hydrogen (secondary N) is 1. The first-order valence-electron chi connectivity index (χ1n) is 7.97. The highest BCUT2D eigenvalue weighted by molar-refractivity contribution is 6.04. The number of hydrogen-bond donors (Lipinski definition) is 1. The number of aromatic nitrogens is 2. The van der Waals surface area contributed by atoms with E-state index >= 15 is 0 Å². The number of anilines is 1. The molecule has 128 valence electrons. The van der Waals surface area contributed by atoms with Crippen molar-refractivity contribution < 1.29 is 13.9 Å². The highest BCUT2D eigenvalue weighted by Crippen LogP contribution is 2.24. The molecular formula is C17H21FN4O2. The van der Waals surface area contributed by atoms with E-state index in [0.717, 1.165) is 25.9 Å². The van der Waals surface area contributed by atoms with Gasteiger partial charge in [0.2, 0.25) is 0 Å². The number of halogens is 1. The Morgan fingerprint density at radius 1 is 1.46 bits per heavy atom. The first kappa shape index (κ1) is 16.4. The quantitative estimate of drug-likeness (QED) is 0.933. The number of benzene rings is 1. The van der Waals surface area contributed by atoms with E-state index < -0.39 is 5.82 Å². The highest BCUT2D eigenvalue weighted by atomic mass is 19.1. The Morgan fingerprint density at radius 2 is 2.29 bits per heavy atom. The number of piperidine rings is 1. The van der Waals surface area contributed by atoms with E-state index in [9.17, 15) is 9.18 Å². The number of carbonyl (C=O) groups is 1. The first-order valence-corrected chi connectivity index (χ1v) is 7.97. The molecule has 1 fully saturated rings. The van der Waals surface area contributed by atoms with Gasteiger partial charge in [-0.3, -0.25) is 9.48 Å². The third-order valence-electron chi connectivity index (χ3n) is 4.30. The summed E-state index contributed by atoms with van der Waals surface area (Å²) in [5.41, 5.74) is 0.798. The lowest BCUT2D eigenvalue weighted by Gasteiger charge is -2.23. The average molecular weight is 332 g/mol. The molecule has 3 rings (SSSR count). The van der Waals surface area contributed by atoms with E-state index in [4.69, 9.17) is 4.74 Å². The van der Waals surface area contributed by atoms with E-state index in [1.807, 2.05) is 10.9 Å². The predicted octanol–water partition coefficient (Wildman–Crippen LogP) is 2.23. The van der Waals surface area contributed by atoms with Crippen LogP contribution in [0.1, 0.15) is 29.4 Å². The summed E-state index contributed by atoms with van der Waals surface area (Å²) in [6.07, 6.45) is 3.97. The Bertz CT molecular complexity index is 725. The van der Waals surface area contributed by atoms with Gasteiger partial charge in [0.15, 0.2) is 17.3 Å². The van der Waals surface area contributed by atoms with Crippen LogP contribution < -0.4 is 15.0 Å². The molecule has 1 aromatic carbocycles. The molecule has 1 unspecified atom stereocenters. The molecule has 1 aromatic heterocycles. The van der Waals surface area contributed by atoms with Gasteiger partial charge in [-0.15, -0.1) is 0 Å². The molecule has 0 radical (unpaired) electrons. The fraction of sp³-hybridized carbons (Fsp3) is 0.412. The molecule has 24 heavy (non-hydrogen) atoms. The fourth-order valence-electron chi connectivity index (χ4n) is 2.87. The van der Waals surface area contributed by atoms with Crippen LogP contribution in [0.4, 0.5) is 10.1 Å². The number of carbonyl (C=O) groups excluding carboxylic acids is 1. The van der Waals surface area contributed by atoms with Crippen molar-refractivity contribution in [3.05, 3.63) is 42.0 Å². The lowest BCUT2D eigenvalue weighted by Crippen LogP contribution is -2.32. The van der Waals surface area contributed by atoms with Gasteiger partial charge in [-0.2, -0.15) is 5.10 Å². The van der Waals surface area contributed by atoms with Gasteiger partial charge in [0.25, 0.3) is 5.91 Å². The van der Waals surface area contributed by atoms with Gasteiger partial charge >= 0.3 is 0 Å². The molecule has 0 saturated carbocycles. The van der Waals surface area contributed by atoms with E-state index in [0.29, 0.717) is 11.4 Å². The minimum atomic E-state index is -0.506. The molecule has 2 aromatic rings. The molecule has 1 amide bonds. The van der Waals surface area contributed by atoms with Gasteiger partial charge in [0.1, 0.15) is 0 Å². The standard InChI is InChI=1S/C17H21FN4O2/c1-21(12-5-6-16(24-2)14(18)10-12)17(23)15-7-9-22(20-15)13-4-3-8-19-11-13/h5-7,9-10,13,19H,3-4,8,11H2,1-2H3. The van der Waals surface area contributed by atoms with Crippen molar-refractivity contribution >= 4 is 11.6 Å². The number of amides is 1. The molecule has 6 nitrogen and oxygen atoms in total. The summed E-state index contributed by atoms with van der Waals surface area (Å²) in [5.74, 6) is -0.635. The number of methoxy groups -OCH3 is 1. The zero-order valence-corrected chi connectivity index (χ0v) is 13.8. The highest BCUT2D eigenvalue weighted by Gasteiger charge is 2.21. The zero-order chi connectivity index (χ0) is 17.1. The largest absolute Gasteiger partial charge is 0.494 e. The van der Waals surface area contributed by atoms with Gasteiger partial charge in [-0.25, -0.2) is 4.39 Å². The molecule has 1 saturated heterocycles. The lowest BCUT2D eigenvalue weighted by molar-refractivity contribution is 0.0987. The van der Waals surface area contributed by atoms with Crippen LogP contribution in [0.2, 0.25) is 0 Å². The van der Waals surface area contributed by atoms with E-state index in [-0.39, 0.29) is 17.7 Å². The smallest absolute Gasteiger partial charge is 0.278 e. The Balaban J connectivity index is 1.76. The van der Waals surface area contributed by atoms with Crippen molar-refractivity contribution in [2.45, 2.75) is 18.9 Å². The molecule has 7 heteroatoms. The minimum absolute atomic E-state index is 0.147. The summed E-state index contributed by atoms with van der Waals surface area (Å²) < 4.78 is 20.6. The van der Waals surface area contributed by atoms with Gasteiger partial charge in [-0.05, 0) is 37.6 Å². The van der Waals surface area contributed by atoms with Gasteiger partial charge in [-0.1, -0.05) is 0 Å². The van der Waals surface area contributed by atoms with Crippen molar-refractivity contribution in [3.8, 4) is 5.75 Å². The van der Waals surface area contributed by atoms with Crippen LogP contribution in [-0.4, -0.2) is 42.9 Å². The predicted molar refractivity (Wildman–Crippen MR) is 89.1 cm³/mol. The second kappa shape index (κ2) is 7.00. The normalized spacial score (nSPS) is 17.5. The molecule has 0 spiro atoms. The second-order valence-corrected chi connectivity index (χ2v) is 5.86. The Hall–Kier alpha value is -2.41. The zero-order valence-electron chi connectivity index (χ0n) is 13.8. The van der Waals surface area contributed by atoms with E-state index in [2.05, 4.69) is 10.4 Å². The number of nitrogens with zero attached hydrogens (tertiary/aromatic N) is 3. The summed E-state index contributed by atoms with van der Waals surface area (Å²) in [5, 5.41) is 7.73. The van der Waals surface area contributed by atoms with Crippen LogP contribution in [0.15, 0.2) is 30.5 Å². The van der Waals surface area contributed by atoms with Crippen molar-refractivity contribution in [1.82, 2.24) is 15.1 Å². The average Bonchev–Trinajstić information content (AvgIpc) is 3.11. The maximum absolute atomic E-state index is 13.8. The van der Waals surface area contributed by atoms with Crippen LogP contribution in [-0.2, 0) is 0 Å². The van der Waals surface area contributed by atoms with E-state index in [1.54, 1.807) is 19.2 Å². The van der Waals surface area contributed by atoms with E-state index in [1.165, 1.54) is 24.1 Å². The Morgan fingerprint density at radius 3 is 2.96 bits per heavy atom. The summed E-state index contributed by atoms with van der Waals surface area (Å²) in [6, 6.07) is 6.39. The van der Waals surface area contributed by atoms with Crippen LogP contribution in [0, 0.1) is 5.82 Å². The lowest BCUT2D eigenvalue weighted by atomic mass is 10.1. The molecule has 1 atom stereocenters. The number of rotatable bonds is 4. The van der Waals surface area contributed by atoms with Gasteiger partial charge in [0, 0.05) is 31.5 Å². The molecule has 2 heterocycles. The van der Waals surface area contributed by atoms with Gasteiger partial charge in [0.05, 0.1) is 13.2 Å². The molecular weight excluding hydrogens is 311 g/mol. The minimum Gasteiger partial charge on any atom is -0.494 e. The van der Waals surface area contributed by atoms with Crippen LogP contribution in [0.25, 0.3) is 0 Å². The summed E-state index contributed by atoms with van der Waals surface area (Å²) in [7, 11) is 3.00. The molecule has 0 aliphatic carbocycles. The molecule has 1 aliphatic heterocycles. The Kier molecular flexibility index (Phi) is 4.80. The van der Waals surface area contributed by atoms with Crippen molar-refractivity contribution in [3.63, 3.8) is 0 Å². The van der Waals surface area contributed by atoms with Crippen LogP contribution in [0.3, 0.4) is 0 Å². The summed E-state index contributed by atoms with van der Waals surface area (Å²) in [6.45, 7) is 1.88. The number of hydrogen-bond acceptors (Lipinski definition) is 4. The third kappa shape index (κ3) is 3.26. The summed E-state index contributed by atoms with van der Waals surface area (Å²) >= 11 is 0. The van der Waals surface area contributed by atoms with Crippen molar-refractivity contribution in [2.75, 3.05) is 32.1 Å².